The standard InChI is InChI=1S/C36H45NO5Si/c1-9-26-37(34(39)42-35(3,4)5)31(32(10-2)41-33(38)28-20-14-11-15-21-28)27-40-43(36(6,7)8,29-22-16-12-17-23-29)30-24-18-13-19-25-30/h9-25,31-32H,1-2,26-27H2,3-8H3/t31-,32-/m1/s1. The summed E-state index contributed by atoms with van der Waals surface area (Å²) in [6.45, 7) is 20.1. The Hall–Kier alpha value is -3.94. The van der Waals surface area contributed by atoms with E-state index in [9.17, 15) is 9.59 Å². The fourth-order valence-electron chi connectivity index (χ4n) is 5.19. The van der Waals surface area contributed by atoms with Crippen LogP contribution in [0.4, 0.5) is 4.79 Å². The van der Waals surface area contributed by atoms with E-state index in [4.69, 9.17) is 13.9 Å². The summed E-state index contributed by atoms with van der Waals surface area (Å²) in [5.41, 5.74) is -0.349. The van der Waals surface area contributed by atoms with Gasteiger partial charge in [0.05, 0.1) is 18.2 Å². The van der Waals surface area contributed by atoms with Crippen LogP contribution in [0.3, 0.4) is 0 Å². The molecule has 0 bridgehead atoms. The minimum Gasteiger partial charge on any atom is -0.452 e. The van der Waals surface area contributed by atoms with Gasteiger partial charge in [-0.15, -0.1) is 6.58 Å². The average molecular weight is 600 g/mol. The SMILES string of the molecule is C=CCN(C(=O)OC(C)(C)C)[C@H](CO[Si](c1ccccc1)(c1ccccc1)C(C)(C)C)[C@@H](C=C)OC(=O)c1ccccc1. The lowest BCUT2D eigenvalue weighted by Gasteiger charge is -2.45. The molecule has 0 unspecified atom stereocenters. The Morgan fingerprint density at radius 2 is 1.30 bits per heavy atom. The van der Waals surface area contributed by atoms with Crippen LogP contribution in [0.15, 0.2) is 116 Å². The number of nitrogens with zero attached hydrogens (tertiary/aromatic N) is 1. The van der Waals surface area contributed by atoms with Gasteiger partial charge in [0.1, 0.15) is 11.7 Å². The second-order valence-electron chi connectivity index (χ2n) is 12.4. The highest BCUT2D eigenvalue weighted by Gasteiger charge is 2.51. The van der Waals surface area contributed by atoms with Crippen LogP contribution in [-0.2, 0) is 13.9 Å². The number of hydrogen-bond donors (Lipinski definition) is 0. The molecule has 0 aliphatic rings. The first-order chi connectivity index (χ1) is 20.3. The zero-order valence-electron chi connectivity index (χ0n) is 26.3. The van der Waals surface area contributed by atoms with Gasteiger partial charge in [0, 0.05) is 6.54 Å². The Bertz CT molecular complexity index is 1310. The molecule has 0 saturated heterocycles. The summed E-state index contributed by atoms with van der Waals surface area (Å²) < 4.78 is 19.0. The number of esters is 1. The minimum atomic E-state index is -3.00. The van der Waals surface area contributed by atoms with Crippen molar-refractivity contribution in [3.63, 3.8) is 0 Å². The molecule has 0 aliphatic heterocycles. The predicted octanol–water partition coefficient (Wildman–Crippen LogP) is 6.77. The van der Waals surface area contributed by atoms with Gasteiger partial charge in [-0.25, -0.2) is 9.59 Å². The molecule has 2 atom stereocenters. The Morgan fingerprint density at radius 3 is 1.72 bits per heavy atom. The zero-order valence-corrected chi connectivity index (χ0v) is 27.3. The summed E-state index contributed by atoms with van der Waals surface area (Å²) in [6, 6.07) is 28.5. The van der Waals surface area contributed by atoms with Gasteiger partial charge in [-0.3, -0.25) is 4.90 Å². The van der Waals surface area contributed by atoms with Crippen molar-refractivity contribution in [1.29, 1.82) is 0 Å². The molecule has 3 rings (SSSR count). The molecule has 7 heteroatoms. The topological polar surface area (TPSA) is 65.1 Å². The molecule has 0 N–H and O–H groups in total. The maximum atomic E-state index is 13.7. The molecular formula is C36H45NO5Si. The third-order valence-corrected chi connectivity index (χ3v) is 12.1. The van der Waals surface area contributed by atoms with E-state index in [1.165, 1.54) is 4.90 Å². The van der Waals surface area contributed by atoms with E-state index >= 15 is 0 Å². The van der Waals surface area contributed by atoms with Gasteiger partial charge in [0.2, 0.25) is 0 Å². The number of ether oxygens (including phenoxy) is 2. The highest BCUT2D eigenvalue weighted by molar-refractivity contribution is 6.99. The first-order valence-corrected chi connectivity index (χ1v) is 16.5. The summed E-state index contributed by atoms with van der Waals surface area (Å²) in [7, 11) is -3.00. The smallest absolute Gasteiger partial charge is 0.411 e. The van der Waals surface area contributed by atoms with Crippen LogP contribution in [-0.4, -0.2) is 56.2 Å². The quantitative estimate of drug-likeness (QED) is 0.131. The summed E-state index contributed by atoms with van der Waals surface area (Å²) in [4.78, 5) is 28.4. The highest BCUT2D eigenvalue weighted by atomic mass is 28.4. The summed E-state index contributed by atoms with van der Waals surface area (Å²) >= 11 is 0. The lowest BCUT2D eigenvalue weighted by atomic mass is 10.1. The molecule has 43 heavy (non-hydrogen) atoms. The molecule has 0 radical (unpaired) electrons. The number of amides is 1. The molecule has 0 fully saturated rings. The van der Waals surface area contributed by atoms with E-state index < -0.39 is 38.1 Å². The van der Waals surface area contributed by atoms with Gasteiger partial charge in [-0.2, -0.15) is 0 Å². The lowest BCUT2D eigenvalue weighted by Crippen LogP contribution is -2.68. The largest absolute Gasteiger partial charge is 0.452 e. The van der Waals surface area contributed by atoms with Gasteiger partial charge >= 0.3 is 12.1 Å². The van der Waals surface area contributed by atoms with Crippen molar-refractivity contribution in [2.24, 2.45) is 0 Å². The Kier molecular flexibility index (Phi) is 11.3. The van der Waals surface area contributed by atoms with Crippen LogP contribution in [0.5, 0.6) is 0 Å². The fraction of sp³-hybridized carbons (Fsp3) is 0.333. The van der Waals surface area contributed by atoms with Crippen LogP contribution in [0.25, 0.3) is 0 Å². The van der Waals surface area contributed by atoms with Crippen molar-refractivity contribution in [3.8, 4) is 0 Å². The summed E-state index contributed by atoms with van der Waals surface area (Å²) in [5, 5.41) is 1.88. The maximum absolute atomic E-state index is 13.7. The van der Waals surface area contributed by atoms with E-state index in [2.05, 4.69) is 58.2 Å². The van der Waals surface area contributed by atoms with Crippen LogP contribution in [0, 0.1) is 0 Å². The molecule has 228 valence electrons. The van der Waals surface area contributed by atoms with Crippen molar-refractivity contribution >= 4 is 30.8 Å². The average Bonchev–Trinajstić information content (AvgIpc) is 2.97. The number of hydrogen-bond acceptors (Lipinski definition) is 5. The first kappa shape index (κ1) is 33.6. The Morgan fingerprint density at radius 1 is 0.814 bits per heavy atom. The van der Waals surface area contributed by atoms with E-state index in [-0.39, 0.29) is 18.2 Å². The number of rotatable bonds is 12. The van der Waals surface area contributed by atoms with Gasteiger partial charge in [0.15, 0.2) is 0 Å². The van der Waals surface area contributed by atoms with Crippen molar-refractivity contribution in [3.05, 3.63) is 122 Å². The normalized spacial score (nSPS) is 13.3. The van der Waals surface area contributed by atoms with E-state index in [0.717, 1.165) is 10.4 Å². The second kappa shape index (κ2) is 14.5. The molecule has 3 aromatic carbocycles. The first-order valence-electron chi connectivity index (χ1n) is 14.6. The fourth-order valence-corrected chi connectivity index (χ4v) is 9.76. The van der Waals surface area contributed by atoms with E-state index in [1.807, 2.05) is 63.2 Å². The predicted molar refractivity (Wildman–Crippen MR) is 176 cm³/mol. The molecular weight excluding hydrogens is 554 g/mol. The molecule has 0 heterocycles. The van der Waals surface area contributed by atoms with Crippen LogP contribution < -0.4 is 10.4 Å². The van der Waals surface area contributed by atoms with Crippen molar-refractivity contribution in [2.75, 3.05) is 13.2 Å². The van der Waals surface area contributed by atoms with Gasteiger partial charge < -0.3 is 13.9 Å². The molecule has 0 spiro atoms. The summed E-state index contributed by atoms with van der Waals surface area (Å²) in [6.07, 6.45) is 1.70. The molecule has 3 aromatic rings. The van der Waals surface area contributed by atoms with E-state index in [0.29, 0.717) is 5.56 Å². The van der Waals surface area contributed by atoms with Crippen molar-refractivity contribution in [2.45, 2.75) is 64.3 Å². The number of carbonyl (C=O) groups excluding carboxylic acids is 2. The van der Waals surface area contributed by atoms with Crippen LogP contribution in [0.1, 0.15) is 51.9 Å². The van der Waals surface area contributed by atoms with Gasteiger partial charge in [0.25, 0.3) is 8.32 Å². The molecule has 0 aliphatic carbocycles. The third-order valence-electron chi connectivity index (χ3n) is 7.11. The molecule has 1 amide bonds. The monoisotopic (exact) mass is 599 g/mol. The molecule has 0 saturated carbocycles. The number of benzene rings is 3. The van der Waals surface area contributed by atoms with Crippen LogP contribution in [0.2, 0.25) is 5.04 Å². The molecule has 6 nitrogen and oxygen atoms in total. The molecule has 0 aromatic heterocycles. The van der Waals surface area contributed by atoms with E-state index in [1.54, 1.807) is 36.4 Å². The van der Waals surface area contributed by atoms with Gasteiger partial charge in [-0.1, -0.05) is 112 Å². The maximum Gasteiger partial charge on any atom is 0.411 e. The van der Waals surface area contributed by atoms with Crippen molar-refractivity contribution < 1.29 is 23.5 Å². The number of carbonyl (C=O) groups is 2. The van der Waals surface area contributed by atoms with Gasteiger partial charge in [-0.05, 0) is 54.4 Å². The van der Waals surface area contributed by atoms with Crippen LogP contribution >= 0.6 is 0 Å². The summed E-state index contributed by atoms with van der Waals surface area (Å²) in [5.74, 6) is -0.524. The van der Waals surface area contributed by atoms with Crippen molar-refractivity contribution in [1.82, 2.24) is 4.90 Å². The highest BCUT2D eigenvalue weighted by Crippen LogP contribution is 2.37. The Labute approximate surface area is 258 Å². The third kappa shape index (κ3) is 8.33. The zero-order chi connectivity index (χ0) is 31.7. The second-order valence-corrected chi connectivity index (χ2v) is 16.7. The minimum absolute atomic E-state index is 0.0547. The Balaban J connectivity index is 2.14. The lowest BCUT2D eigenvalue weighted by molar-refractivity contribution is -0.0166.